The van der Waals surface area contributed by atoms with Gasteiger partial charge in [-0.2, -0.15) is 5.10 Å². The lowest BCUT2D eigenvalue weighted by molar-refractivity contribution is 0.150. The van der Waals surface area contributed by atoms with Crippen LogP contribution in [0.25, 0.3) is 10.9 Å². The minimum atomic E-state index is -2.55. The van der Waals surface area contributed by atoms with Gasteiger partial charge in [-0.1, -0.05) is 6.58 Å². The van der Waals surface area contributed by atoms with Crippen LogP contribution in [0.1, 0.15) is 30.0 Å². The van der Waals surface area contributed by atoms with Crippen LogP contribution >= 0.6 is 0 Å². The van der Waals surface area contributed by atoms with E-state index in [1.54, 1.807) is 19.9 Å². The molecule has 94 valence electrons. The summed E-state index contributed by atoms with van der Waals surface area (Å²) in [5.74, 6) is 0. The Morgan fingerprint density at radius 3 is 2.89 bits per heavy atom. The minimum Gasteiger partial charge on any atom is -0.278 e. The fourth-order valence-electron chi connectivity index (χ4n) is 2.11. The second kappa shape index (κ2) is 4.68. The molecule has 1 N–H and O–H groups in total. The van der Waals surface area contributed by atoms with Crippen LogP contribution in [-0.4, -0.2) is 15.9 Å². The van der Waals surface area contributed by atoms with Crippen LogP contribution in [-0.2, 0) is 0 Å². The topological polar surface area (TPSA) is 41.0 Å². The number of halogens is 2. The van der Waals surface area contributed by atoms with Crippen LogP contribution in [0.15, 0.2) is 30.0 Å². The van der Waals surface area contributed by atoms with Crippen molar-refractivity contribution in [2.75, 3.05) is 0 Å². The molecule has 0 spiro atoms. The molecule has 0 aliphatic heterocycles. The zero-order valence-corrected chi connectivity index (χ0v) is 10.2. The molecular formula is C13H13F2N3. The Morgan fingerprint density at radius 2 is 2.28 bits per heavy atom. The smallest absolute Gasteiger partial charge is 0.264 e. The van der Waals surface area contributed by atoms with Gasteiger partial charge in [-0.25, -0.2) is 8.78 Å². The number of H-pyrrole nitrogens is 1. The van der Waals surface area contributed by atoms with Gasteiger partial charge in [-0.3, -0.25) is 10.1 Å². The van der Waals surface area contributed by atoms with Crippen LogP contribution in [0.4, 0.5) is 8.78 Å². The summed E-state index contributed by atoms with van der Waals surface area (Å²) in [6.45, 7) is 6.84. The first-order valence-electron chi connectivity index (χ1n) is 5.46. The summed E-state index contributed by atoms with van der Waals surface area (Å²) < 4.78 is 26.4. The van der Waals surface area contributed by atoms with Crippen molar-refractivity contribution in [2.24, 2.45) is 4.99 Å². The molecule has 1 aromatic carbocycles. The van der Waals surface area contributed by atoms with Crippen LogP contribution in [0.3, 0.4) is 0 Å². The Labute approximate surface area is 103 Å². The lowest BCUT2D eigenvalue weighted by atomic mass is 9.95. The Kier molecular flexibility index (Phi) is 3.23. The molecule has 3 nitrogen and oxygen atoms in total. The van der Waals surface area contributed by atoms with Gasteiger partial charge in [0.15, 0.2) is 0 Å². The van der Waals surface area contributed by atoms with Gasteiger partial charge in [0, 0.05) is 28.4 Å². The standard InChI is InChI=1S/C13H13F2N3/c1-4-16-8(3)12-9-6-17-18-10(9)5-7(2)11(12)13(14)15/h4-6,13H,1H2,2-3H3,(H,17,18). The molecule has 2 rings (SSSR count). The Morgan fingerprint density at radius 1 is 1.56 bits per heavy atom. The van der Waals surface area contributed by atoms with Crippen molar-refractivity contribution in [1.29, 1.82) is 0 Å². The molecule has 1 aromatic heterocycles. The molecule has 1 heterocycles. The lowest BCUT2D eigenvalue weighted by Crippen LogP contribution is -2.04. The molecule has 0 aliphatic carbocycles. The molecule has 0 amide bonds. The first kappa shape index (κ1) is 12.4. The van der Waals surface area contributed by atoms with Gasteiger partial charge < -0.3 is 0 Å². The van der Waals surface area contributed by atoms with Crippen molar-refractivity contribution in [3.8, 4) is 0 Å². The Bertz CT molecular complexity index is 626. The van der Waals surface area contributed by atoms with E-state index in [-0.39, 0.29) is 5.56 Å². The summed E-state index contributed by atoms with van der Waals surface area (Å²) in [5, 5.41) is 7.34. The van der Waals surface area contributed by atoms with Gasteiger partial charge in [-0.15, -0.1) is 0 Å². The Balaban J connectivity index is 2.87. The molecular weight excluding hydrogens is 236 g/mol. The van der Waals surface area contributed by atoms with Crippen molar-refractivity contribution in [1.82, 2.24) is 10.2 Å². The summed E-state index contributed by atoms with van der Waals surface area (Å²) in [4.78, 5) is 4.01. The number of aryl methyl sites for hydroxylation is 1. The number of alkyl halides is 2. The molecule has 0 unspecified atom stereocenters. The molecule has 5 heteroatoms. The fourth-order valence-corrected chi connectivity index (χ4v) is 2.11. The van der Waals surface area contributed by atoms with Gasteiger partial charge in [-0.05, 0) is 25.5 Å². The highest BCUT2D eigenvalue weighted by molar-refractivity contribution is 6.11. The van der Waals surface area contributed by atoms with E-state index < -0.39 is 6.43 Å². The second-order valence-electron chi connectivity index (χ2n) is 4.01. The van der Waals surface area contributed by atoms with E-state index in [4.69, 9.17) is 0 Å². The van der Waals surface area contributed by atoms with Crippen LogP contribution < -0.4 is 0 Å². The second-order valence-corrected chi connectivity index (χ2v) is 4.01. The van der Waals surface area contributed by atoms with Crippen molar-refractivity contribution in [3.05, 3.63) is 41.7 Å². The number of hydrogen-bond acceptors (Lipinski definition) is 2. The molecule has 0 saturated heterocycles. The largest absolute Gasteiger partial charge is 0.278 e. The molecule has 0 bridgehead atoms. The Hall–Kier alpha value is -2.04. The average Bonchev–Trinajstić information content (AvgIpc) is 2.74. The average molecular weight is 249 g/mol. The molecule has 0 aliphatic rings. The van der Waals surface area contributed by atoms with Crippen LogP contribution in [0.5, 0.6) is 0 Å². The number of benzene rings is 1. The van der Waals surface area contributed by atoms with Crippen molar-refractivity contribution in [2.45, 2.75) is 20.3 Å². The third-order valence-electron chi connectivity index (χ3n) is 2.86. The predicted molar refractivity (Wildman–Crippen MR) is 68.2 cm³/mol. The zero-order chi connectivity index (χ0) is 13.3. The summed E-state index contributed by atoms with van der Waals surface area (Å²) in [5.41, 5.74) is 2.21. The first-order valence-corrected chi connectivity index (χ1v) is 5.46. The van der Waals surface area contributed by atoms with Gasteiger partial charge in [0.25, 0.3) is 6.43 Å². The van der Waals surface area contributed by atoms with Gasteiger partial charge >= 0.3 is 0 Å². The van der Waals surface area contributed by atoms with Gasteiger partial charge in [0.2, 0.25) is 0 Å². The van der Waals surface area contributed by atoms with Crippen molar-refractivity contribution < 1.29 is 8.78 Å². The molecule has 2 aromatic rings. The van der Waals surface area contributed by atoms with Gasteiger partial charge in [0.1, 0.15) is 0 Å². The van der Waals surface area contributed by atoms with Crippen molar-refractivity contribution in [3.63, 3.8) is 0 Å². The molecule has 0 radical (unpaired) electrons. The highest BCUT2D eigenvalue weighted by Crippen LogP contribution is 2.32. The number of hydrogen-bond donors (Lipinski definition) is 1. The third-order valence-corrected chi connectivity index (χ3v) is 2.86. The maximum absolute atomic E-state index is 13.2. The molecule has 0 fully saturated rings. The molecule has 0 atom stereocenters. The van der Waals surface area contributed by atoms with E-state index in [9.17, 15) is 8.78 Å². The number of nitrogens with one attached hydrogen (secondary N) is 1. The van der Waals surface area contributed by atoms with E-state index in [1.165, 1.54) is 12.4 Å². The fraction of sp³-hybridized carbons (Fsp3) is 0.231. The SMILES string of the molecule is C=CN=C(C)c1c(C(F)F)c(C)cc2[nH]ncc12. The lowest BCUT2D eigenvalue weighted by Gasteiger charge is -2.13. The third kappa shape index (κ3) is 1.92. The van der Waals surface area contributed by atoms with Crippen molar-refractivity contribution >= 4 is 16.6 Å². The summed E-state index contributed by atoms with van der Waals surface area (Å²) in [7, 11) is 0. The van der Waals surface area contributed by atoms with Gasteiger partial charge in [0.05, 0.1) is 11.7 Å². The highest BCUT2D eigenvalue weighted by Gasteiger charge is 2.21. The maximum atomic E-state index is 13.2. The normalized spacial score (nSPS) is 12.4. The number of rotatable bonds is 3. The summed E-state index contributed by atoms with van der Waals surface area (Å²) in [6.07, 6.45) is 0.339. The van der Waals surface area contributed by atoms with Crippen LogP contribution in [0, 0.1) is 6.92 Å². The first-order chi connectivity index (χ1) is 8.56. The maximum Gasteiger partial charge on any atom is 0.264 e. The number of aromatic amines is 1. The predicted octanol–water partition coefficient (Wildman–Crippen LogP) is 3.76. The number of nitrogens with zero attached hydrogens (tertiary/aromatic N) is 2. The number of aliphatic imine (C=N–C) groups is 1. The molecule has 18 heavy (non-hydrogen) atoms. The zero-order valence-electron chi connectivity index (χ0n) is 10.2. The van der Waals surface area contributed by atoms with E-state index in [0.717, 1.165) is 5.52 Å². The molecule has 0 saturated carbocycles. The monoisotopic (exact) mass is 249 g/mol. The van der Waals surface area contributed by atoms with E-state index in [0.29, 0.717) is 22.2 Å². The number of aromatic nitrogens is 2. The highest BCUT2D eigenvalue weighted by atomic mass is 19.3. The summed E-state index contributed by atoms with van der Waals surface area (Å²) in [6, 6.07) is 1.68. The van der Waals surface area contributed by atoms with E-state index in [2.05, 4.69) is 21.8 Å². The quantitative estimate of drug-likeness (QED) is 0.827. The summed E-state index contributed by atoms with van der Waals surface area (Å²) >= 11 is 0. The van der Waals surface area contributed by atoms with E-state index >= 15 is 0 Å². The van der Waals surface area contributed by atoms with Crippen LogP contribution in [0.2, 0.25) is 0 Å². The number of fused-ring (bicyclic) bond motifs is 1. The minimum absolute atomic E-state index is 0.00648. The van der Waals surface area contributed by atoms with E-state index in [1.807, 2.05) is 0 Å².